The van der Waals surface area contributed by atoms with E-state index in [1.165, 1.54) is 0 Å². The molecule has 0 saturated carbocycles. The van der Waals surface area contributed by atoms with Crippen LogP contribution in [-0.4, -0.2) is 36.3 Å². The van der Waals surface area contributed by atoms with Crippen molar-refractivity contribution in [2.24, 2.45) is 0 Å². The summed E-state index contributed by atoms with van der Waals surface area (Å²) in [7, 11) is 0. The lowest BCUT2D eigenvalue weighted by Crippen LogP contribution is -2.41. The smallest absolute Gasteiger partial charge is 0.457 e. The summed E-state index contributed by atoms with van der Waals surface area (Å²) in [4.78, 5) is 0.616. The van der Waals surface area contributed by atoms with Crippen LogP contribution in [0.2, 0.25) is 0 Å². The maximum atomic E-state index is 14.2. The number of halogens is 13. The van der Waals surface area contributed by atoms with E-state index in [2.05, 4.69) is 0 Å². The van der Waals surface area contributed by atoms with Crippen LogP contribution >= 0.6 is 0 Å². The Bertz CT molecular complexity index is 1370. The van der Waals surface area contributed by atoms with Crippen LogP contribution in [-0.2, 0) is 18.4 Å². The van der Waals surface area contributed by atoms with Crippen LogP contribution < -0.4 is 9.64 Å². The average Bonchev–Trinajstić information content (AvgIpc) is 2.87. The van der Waals surface area contributed by atoms with Gasteiger partial charge in [0.2, 0.25) is 0 Å². The molecule has 16 heteroatoms. The molecule has 0 aromatic heterocycles. The van der Waals surface area contributed by atoms with Gasteiger partial charge in [-0.25, -0.2) is 0 Å². The summed E-state index contributed by atoms with van der Waals surface area (Å²) in [6.45, 7) is -2.36. The first-order chi connectivity index (χ1) is 19.1. The van der Waals surface area contributed by atoms with Gasteiger partial charge in [-0.15, -0.1) is 0 Å². The van der Waals surface area contributed by atoms with Crippen molar-refractivity contribution in [3.05, 3.63) is 89.5 Å². The number of rotatable bonds is 9. The van der Waals surface area contributed by atoms with Crippen molar-refractivity contribution >= 4 is 5.69 Å². The highest BCUT2D eigenvalue weighted by atomic mass is 19.4. The molecule has 42 heavy (non-hydrogen) atoms. The van der Waals surface area contributed by atoms with Crippen molar-refractivity contribution in [3.63, 3.8) is 0 Å². The molecule has 1 N–H and O–H groups in total. The highest BCUT2D eigenvalue weighted by Crippen LogP contribution is 2.46. The third-order valence-electron chi connectivity index (χ3n) is 5.82. The molecule has 0 fully saturated rings. The third-order valence-corrected chi connectivity index (χ3v) is 5.82. The Balaban J connectivity index is 2.01. The molecule has 0 aliphatic heterocycles. The first kappa shape index (κ1) is 32.8. The van der Waals surface area contributed by atoms with Crippen molar-refractivity contribution in [2.75, 3.05) is 11.4 Å². The molecule has 0 unspecified atom stereocenters. The van der Waals surface area contributed by atoms with Crippen LogP contribution in [0.1, 0.15) is 16.7 Å². The summed E-state index contributed by atoms with van der Waals surface area (Å²) >= 11 is 0. The Morgan fingerprint density at radius 1 is 0.643 bits per heavy atom. The van der Waals surface area contributed by atoms with E-state index in [1.54, 1.807) is 0 Å². The molecule has 3 nitrogen and oxygen atoms in total. The first-order valence-electron chi connectivity index (χ1n) is 11.5. The van der Waals surface area contributed by atoms with Gasteiger partial charge in [0, 0.05) is 29.4 Å². The molecular weight excluding hydrogens is 605 g/mol. The molecule has 1 atom stereocenters. The van der Waals surface area contributed by atoms with E-state index in [0.29, 0.717) is 23.1 Å². The molecule has 0 radical (unpaired) electrons. The lowest BCUT2D eigenvalue weighted by atomic mass is 10.00. The number of hydrogen-bond donors (Lipinski definition) is 1. The standard InChI is InChI=1S/C26H18F13NO2/c27-22(28,25(34,35)36)16-6-3-8-18(11-16)42-19-9-4-7-17(12-19)40(14-21(41)24(31,32)33)13-15-5-1-2-10-20(15)23(29,30)26(37,38)39/h1-12,21,41H,13-14H2/t21-/m1/s1. The fourth-order valence-corrected chi connectivity index (χ4v) is 3.69. The predicted molar refractivity (Wildman–Crippen MR) is 122 cm³/mol. The van der Waals surface area contributed by atoms with Gasteiger partial charge >= 0.3 is 30.4 Å². The fourth-order valence-electron chi connectivity index (χ4n) is 3.69. The van der Waals surface area contributed by atoms with Gasteiger partial charge in [0.25, 0.3) is 0 Å². The van der Waals surface area contributed by atoms with E-state index in [9.17, 15) is 62.2 Å². The maximum Gasteiger partial charge on any atom is 0.458 e. The zero-order valence-corrected chi connectivity index (χ0v) is 20.6. The number of ether oxygens (including phenoxy) is 1. The van der Waals surface area contributed by atoms with Crippen molar-refractivity contribution < 1.29 is 66.9 Å². The summed E-state index contributed by atoms with van der Waals surface area (Å²) in [6, 6.07) is 10.0. The number of aliphatic hydroxyl groups excluding tert-OH is 1. The van der Waals surface area contributed by atoms with E-state index in [1.807, 2.05) is 0 Å². The Kier molecular flexibility index (Phi) is 9.01. The van der Waals surface area contributed by atoms with E-state index in [-0.39, 0.29) is 11.4 Å². The van der Waals surface area contributed by atoms with E-state index >= 15 is 0 Å². The van der Waals surface area contributed by atoms with Crippen molar-refractivity contribution in [3.8, 4) is 11.5 Å². The number of benzene rings is 3. The molecule has 0 amide bonds. The third kappa shape index (κ3) is 7.20. The quantitative estimate of drug-likeness (QED) is 0.242. The van der Waals surface area contributed by atoms with Crippen molar-refractivity contribution in [1.82, 2.24) is 0 Å². The van der Waals surface area contributed by atoms with Crippen LogP contribution in [0.5, 0.6) is 11.5 Å². The van der Waals surface area contributed by atoms with E-state index in [4.69, 9.17) is 4.74 Å². The number of alkyl halides is 13. The van der Waals surface area contributed by atoms with Gasteiger partial charge in [-0.2, -0.15) is 57.1 Å². The highest BCUT2D eigenvalue weighted by molar-refractivity contribution is 5.53. The van der Waals surface area contributed by atoms with Crippen LogP contribution in [0.15, 0.2) is 72.8 Å². The van der Waals surface area contributed by atoms with Crippen LogP contribution in [0.25, 0.3) is 0 Å². The number of hydrogen-bond acceptors (Lipinski definition) is 3. The topological polar surface area (TPSA) is 32.7 Å². The number of nitrogens with zero attached hydrogens (tertiary/aromatic N) is 1. The molecule has 3 aromatic carbocycles. The molecule has 0 heterocycles. The molecule has 0 spiro atoms. The summed E-state index contributed by atoms with van der Waals surface area (Å²) in [5.74, 6) is -11.6. The molecule has 0 aliphatic carbocycles. The Morgan fingerprint density at radius 3 is 1.76 bits per heavy atom. The Morgan fingerprint density at radius 2 is 1.19 bits per heavy atom. The highest BCUT2D eigenvalue weighted by Gasteiger charge is 2.60. The minimum absolute atomic E-state index is 0.322. The van der Waals surface area contributed by atoms with Gasteiger partial charge in [0.05, 0.1) is 6.54 Å². The molecule has 3 aromatic rings. The van der Waals surface area contributed by atoms with Gasteiger partial charge in [-0.1, -0.05) is 42.5 Å². The normalized spacial score (nSPS) is 14.0. The van der Waals surface area contributed by atoms with E-state index < -0.39 is 72.0 Å². The second kappa shape index (κ2) is 11.5. The second-order valence-corrected chi connectivity index (χ2v) is 8.87. The zero-order valence-electron chi connectivity index (χ0n) is 20.6. The van der Waals surface area contributed by atoms with Crippen molar-refractivity contribution in [2.45, 2.75) is 43.0 Å². The number of anilines is 1. The van der Waals surface area contributed by atoms with E-state index in [0.717, 1.165) is 54.6 Å². The molecule has 230 valence electrons. The maximum absolute atomic E-state index is 14.2. The largest absolute Gasteiger partial charge is 0.458 e. The Hall–Kier alpha value is -3.69. The summed E-state index contributed by atoms with van der Waals surface area (Å²) in [5.41, 5.74) is -4.11. The first-order valence-corrected chi connectivity index (χ1v) is 11.5. The fraction of sp³-hybridized carbons (Fsp3) is 0.308. The van der Waals surface area contributed by atoms with Crippen LogP contribution in [0, 0.1) is 0 Å². The zero-order chi connectivity index (χ0) is 31.7. The summed E-state index contributed by atoms with van der Waals surface area (Å²) in [6.07, 6.45) is -20.3. The minimum atomic E-state index is -6.05. The molecule has 0 bridgehead atoms. The average molecular weight is 623 g/mol. The summed E-state index contributed by atoms with van der Waals surface area (Å²) in [5, 5.41) is 9.64. The molecule has 0 aliphatic rings. The SMILES string of the molecule is O[C@H](CN(Cc1ccccc1C(F)(F)C(F)(F)F)c1cccc(Oc2cccc(C(F)(F)C(F)(F)F)c2)c1)C(F)(F)F. The Labute approximate surface area is 228 Å². The summed E-state index contributed by atoms with van der Waals surface area (Å²) < 4.78 is 178. The predicted octanol–water partition coefficient (Wildman–Crippen LogP) is 8.72. The van der Waals surface area contributed by atoms with Gasteiger partial charge in [0.15, 0.2) is 6.10 Å². The van der Waals surface area contributed by atoms with Gasteiger partial charge in [-0.3, -0.25) is 0 Å². The van der Waals surface area contributed by atoms with Gasteiger partial charge in [0.1, 0.15) is 11.5 Å². The molecule has 0 saturated heterocycles. The van der Waals surface area contributed by atoms with Crippen LogP contribution in [0.4, 0.5) is 62.8 Å². The molecular formula is C26H18F13NO2. The van der Waals surface area contributed by atoms with Gasteiger partial charge < -0.3 is 14.7 Å². The van der Waals surface area contributed by atoms with Crippen LogP contribution in [0.3, 0.4) is 0 Å². The monoisotopic (exact) mass is 623 g/mol. The lowest BCUT2D eigenvalue weighted by molar-refractivity contribution is -0.289. The van der Waals surface area contributed by atoms with Gasteiger partial charge in [-0.05, 0) is 29.8 Å². The minimum Gasteiger partial charge on any atom is -0.457 e. The second-order valence-electron chi connectivity index (χ2n) is 8.87. The van der Waals surface area contributed by atoms with Crippen molar-refractivity contribution in [1.29, 1.82) is 0 Å². The number of aliphatic hydroxyl groups is 1. The lowest BCUT2D eigenvalue weighted by Gasteiger charge is -2.30. The molecule has 3 rings (SSSR count).